The third-order valence-corrected chi connectivity index (χ3v) is 6.43. The summed E-state index contributed by atoms with van der Waals surface area (Å²) in [7, 11) is 0. The van der Waals surface area contributed by atoms with Crippen molar-refractivity contribution in [1.29, 1.82) is 0 Å². The van der Waals surface area contributed by atoms with Crippen LogP contribution in [-0.4, -0.2) is 128 Å². The standard InChI is InChI=1S/C25H33ClN6O6/c26-22-6-2-4-20(28-22)16-30-9-13-31(17-23(33)34)11-7-29(8-12-32(14-10-30)18-24(35)36)15-19-3-1-5-21(27-19)25(37)38/h1-6H,7-18H2,(H,33,34)(H,35,36)(H,37,38). The summed E-state index contributed by atoms with van der Waals surface area (Å²) in [6, 6.07) is 10.2. The average Bonchev–Trinajstić information content (AvgIpc) is 2.85. The Balaban J connectivity index is 1.77. The monoisotopic (exact) mass is 548 g/mol. The highest BCUT2D eigenvalue weighted by Gasteiger charge is 2.20. The molecular weight excluding hydrogens is 516 g/mol. The van der Waals surface area contributed by atoms with Gasteiger partial charge in [0.05, 0.1) is 24.5 Å². The molecule has 0 aromatic carbocycles. The first-order valence-electron chi connectivity index (χ1n) is 12.3. The Bertz CT molecular complexity index is 1070. The van der Waals surface area contributed by atoms with E-state index in [4.69, 9.17) is 11.6 Å². The first-order chi connectivity index (χ1) is 18.2. The Morgan fingerprint density at radius 3 is 1.50 bits per heavy atom. The van der Waals surface area contributed by atoms with Crippen molar-refractivity contribution in [3.05, 3.63) is 58.6 Å². The van der Waals surface area contributed by atoms with Gasteiger partial charge in [0.25, 0.3) is 0 Å². The number of aromatic carboxylic acids is 1. The van der Waals surface area contributed by atoms with Crippen molar-refractivity contribution in [2.45, 2.75) is 13.1 Å². The van der Waals surface area contributed by atoms with E-state index in [1.54, 1.807) is 18.2 Å². The maximum Gasteiger partial charge on any atom is 0.354 e. The maximum atomic E-state index is 11.6. The number of pyridine rings is 2. The van der Waals surface area contributed by atoms with Crippen molar-refractivity contribution in [2.24, 2.45) is 0 Å². The van der Waals surface area contributed by atoms with Crippen LogP contribution in [-0.2, 0) is 22.7 Å². The number of carboxylic acids is 3. The minimum Gasteiger partial charge on any atom is -0.480 e. The smallest absolute Gasteiger partial charge is 0.354 e. The lowest BCUT2D eigenvalue weighted by Gasteiger charge is -2.33. The van der Waals surface area contributed by atoms with Crippen LogP contribution < -0.4 is 0 Å². The molecule has 3 heterocycles. The summed E-state index contributed by atoms with van der Waals surface area (Å²) in [5, 5.41) is 28.6. The van der Waals surface area contributed by atoms with E-state index in [2.05, 4.69) is 14.9 Å². The molecule has 206 valence electrons. The van der Waals surface area contributed by atoms with Gasteiger partial charge in [-0.3, -0.25) is 29.2 Å². The highest BCUT2D eigenvalue weighted by atomic mass is 35.5. The number of aliphatic carboxylic acids is 2. The van der Waals surface area contributed by atoms with Crippen LogP contribution in [0, 0.1) is 0 Å². The summed E-state index contributed by atoms with van der Waals surface area (Å²) in [4.78, 5) is 50.9. The van der Waals surface area contributed by atoms with Gasteiger partial charge in [-0.25, -0.2) is 14.8 Å². The zero-order chi connectivity index (χ0) is 27.5. The lowest BCUT2D eigenvalue weighted by molar-refractivity contribution is -0.139. The summed E-state index contributed by atoms with van der Waals surface area (Å²) in [6.07, 6.45) is 0. The highest BCUT2D eigenvalue weighted by Crippen LogP contribution is 2.10. The summed E-state index contributed by atoms with van der Waals surface area (Å²) in [5.41, 5.74) is 1.30. The summed E-state index contributed by atoms with van der Waals surface area (Å²) < 4.78 is 0. The Morgan fingerprint density at radius 2 is 1.08 bits per heavy atom. The number of carbonyl (C=O) groups is 3. The summed E-state index contributed by atoms with van der Waals surface area (Å²) in [5.74, 6) is -2.95. The Morgan fingerprint density at radius 1 is 0.658 bits per heavy atom. The minimum absolute atomic E-state index is 0.0499. The fraction of sp³-hybridized carbons (Fsp3) is 0.480. The molecule has 12 nitrogen and oxygen atoms in total. The lowest BCUT2D eigenvalue weighted by atomic mass is 10.2. The molecule has 0 bridgehead atoms. The first kappa shape index (κ1) is 29.4. The largest absolute Gasteiger partial charge is 0.480 e. The molecule has 2 aromatic rings. The molecule has 1 aliphatic heterocycles. The molecule has 2 aromatic heterocycles. The molecule has 0 amide bonds. The van der Waals surface area contributed by atoms with Crippen molar-refractivity contribution in [2.75, 3.05) is 65.4 Å². The second-order valence-corrected chi connectivity index (χ2v) is 9.55. The van der Waals surface area contributed by atoms with Crippen molar-refractivity contribution in [1.82, 2.24) is 29.6 Å². The van der Waals surface area contributed by atoms with E-state index in [0.29, 0.717) is 76.3 Å². The third kappa shape index (κ3) is 10.3. The number of halogens is 1. The quantitative estimate of drug-likeness (QED) is 0.382. The second-order valence-electron chi connectivity index (χ2n) is 9.16. The van der Waals surface area contributed by atoms with E-state index >= 15 is 0 Å². The molecule has 3 rings (SSSR count). The molecule has 1 saturated heterocycles. The van der Waals surface area contributed by atoms with E-state index < -0.39 is 17.9 Å². The molecule has 0 radical (unpaired) electrons. The van der Waals surface area contributed by atoms with Gasteiger partial charge in [0, 0.05) is 65.4 Å². The Kier molecular flexibility index (Phi) is 11.4. The normalized spacial score (nSPS) is 17.4. The van der Waals surface area contributed by atoms with Crippen molar-refractivity contribution >= 4 is 29.5 Å². The van der Waals surface area contributed by atoms with E-state index in [-0.39, 0.29) is 18.8 Å². The molecule has 38 heavy (non-hydrogen) atoms. The highest BCUT2D eigenvalue weighted by molar-refractivity contribution is 6.29. The van der Waals surface area contributed by atoms with Gasteiger partial charge in [0.15, 0.2) is 0 Å². The Hall–Kier alpha value is -3.16. The summed E-state index contributed by atoms with van der Waals surface area (Å²) >= 11 is 6.05. The third-order valence-electron chi connectivity index (χ3n) is 6.22. The number of hydrogen-bond donors (Lipinski definition) is 3. The average molecular weight is 549 g/mol. The van der Waals surface area contributed by atoms with Gasteiger partial charge < -0.3 is 15.3 Å². The summed E-state index contributed by atoms with van der Waals surface area (Å²) in [6.45, 7) is 4.67. The topological polar surface area (TPSA) is 151 Å². The van der Waals surface area contributed by atoms with Crippen LogP contribution in [0.15, 0.2) is 36.4 Å². The fourth-order valence-electron chi connectivity index (χ4n) is 4.28. The van der Waals surface area contributed by atoms with Crippen molar-refractivity contribution in [3.63, 3.8) is 0 Å². The minimum atomic E-state index is -1.11. The van der Waals surface area contributed by atoms with E-state index in [9.17, 15) is 29.7 Å². The predicted octanol–water partition coefficient (Wildman–Crippen LogP) is 0.919. The molecule has 0 aliphatic carbocycles. The van der Waals surface area contributed by atoms with Crippen LogP contribution in [0.2, 0.25) is 5.15 Å². The molecule has 13 heteroatoms. The zero-order valence-electron chi connectivity index (χ0n) is 21.1. The van der Waals surface area contributed by atoms with Crippen molar-refractivity contribution < 1.29 is 29.7 Å². The van der Waals surface area contributed by atoms with Crippen LogP contribution in [0.4, 0.5) is 0 Å². The second kappa shape index (κ2) is 14.7. The molecule has 0 spiro atoms. The molecule has 0 atom stereocenters. The van der Waals surface area contributed by atoms with Crippen LogP contribution in [0.3, 0.4) is 0 Å². The van der Waals surface area contributed by atoms with Gasteiger partial charge in [0.2, 0.25) is 0 Å². The number of carboxylic acid groups (broad SMARTS) is 3. The molecule has 1 fully saturated rings. The van der Waals surface area contributed by atoms with Gasteiger partial charge in [-0.05, 0) is 24.3 Å². The number of rotatable bonds is 9. The van der Waals surface area contributed by atoms with Crippen molar-refractivity contribution in [3.8, 4) is 0 Å². The maximum absolute atomic E-state index is 11.6. The number of hydrogen-bond acceptors (Lipinski definition) is 9. The first-order valence-corrected chi connectivity index (χ1v) is 12.7. The predicted molar refractivity (Wildman–Crippen MR) is 139 cm³/mol. The molecule has 1 aliphatic rings. The van der Waals surface area contributed by atoms with Gasteiger partial charge in [-0.15, -0.1) is 0 Å². The van der Waals surface area contributed by atoms with E-state index in [1.165, 1.54) is 6.07 Å². The van der Waals surface area contributed by atoms with Gasteiger partial charge >= 0.3 is 17.9 Å². The van der Waals surface area contributed by atoms with Crippen LogP contribution in [0.5, 0.6) is 0 Å². The molecular formula is C25H33ClN6O6. The Labute approximate surface area is 226 Å². The van der Waals surface area contributed by atoms with Crippen LogP contribution in [0.1, 0.15) is 21.9 Å². The van der Waals surface area contributed by atoms with Gasteiger partial charge in [-0.1, -0.05) is 23.7 Å². The van der Waals surface area contributed by atoms with E-state index in [0.717, 1.165) is 5.69 Å². The molecule has 3 N–H and O–H groups in total. The van der Waals surface area contributed by atoms with Gasteiger partial charge in [0.1, 0.15) is 10.8 Å². The SMILES string of the molecule is O=C(O)CN1CCN(Cc2cccc(Cl)n2)CCN(CC(=O)O)CCN(Cc2cccc(C(=O)O)n2)CC1. The zero-order valence-corrected chi connectivity index (χ0v) is 21.8. The van der Waals surface area contributed by atoms with Crippen LogP contribution >= 0.6 is 11.6 Å². The van der Waals surface area contributed by atoms with Gasteiger partial charge in [-0.2, -0.15) is 0 Å². The van der Waals surface area contributed by atoms with Crippen LogP contribution in [0.25, 0.3) is 0 Å². The number of aromatic nitrogens is 2. The van der Waals surface area contributed by atoms with E-state index in [1.807, 2.05) is 26.8 Å². The fourth-order valence-corrected chi connectivity index (χ4v) is 4.46. The lowest BCUT2D eigenvalue weighted by Crippen LogP contribution is -2.47. The molecule has 0 unspecified atom stereocenters. The molecule has 0 saturated carbocycles. The number of nitrogens with zero attached hydrogens (tertiary/aromatic N) is 6.